The summed E-state index contributed by atoms with van der Waals surface area (Å²) in [4.78, 5) is 0. The lowest BCUT2D eigenvalue weighted by Gasteiger charge is -2.11. The Bertz CT molecular complexity index is 629. The van der Waals surface area contributed by atoms with Gasteiger partial charge in [0.2, 0.25) is 0 Å². The SMILES string of the molecule is COc1ccc(COc2cccc(Br)c2)cc1C(=N)N. The molecule has 2 rings (SSSR count). The Hall–Kier alpha value is -2.01. The van der Waals surface area contributed by atoms with Gasteiger partial charge < -0.3 is 15.2 Å². The molecule has 0 fully saturated rings. The molecule has 5 heteroatoms. The molecule has 0 aromatic heterocycles. The number of halogens is 1. The molecule has 2 aromatic rings. The van der Waals surface area contributed by atoms with E-state index in [-0.39, 0.29) is 5.84 Å². The van der Waals surface area contributed by atoms with Crippen LogP contribution in [0.5, 0.6) is 11.5 Å². The van der Waals surface area contributed by atoms with Gasteiger partial charge in [-0.3, -0.25) is 5.41 Å². The molecule has 20 heavy (non-hydrogen) atoms. The third-order valence-corrected chi connectivity index (χ3v) is 3.25. The fraction of sp³-hybridized carbons (Fsp3) is 0.133. The van der Waals surface area contributed by atoms with Crippen LogP contribution < -0.4 is 15.2 Å². The second-order valence-electron chi connectivity index (χ2n) is 4.19. The van der Waals surface area contributed by atoms with Gasteiger partial charge >= 0.3 is 0 Å². The number of ether oxygens (including phenoxy) is 2. The molecule has 0 amide bonds. The van der Waals surface area contributed by atoms with Crippen LogP contribution in [0.1, 0.15) is 11.1 Å². The lowest BCUT2D eigenvalue weighted by Crippen LogP contribution is -2.13. The first kappa shape index (κ1) is 14.4. The number of rotatable bonds is 5. The van der Waals surface area contributed by atoms with E-state index in [2.05, 4.69) is 15.9 Å². The van der Waals surface area contributed by atoms with Gasteiger partial charge in [-0.2, -0.15) is 0 Å². The molecule has 0 atom stereocenters. The predicted molar refractivity (Wildman–Crippen MR) is 82.5 cm³/mol. The number of nitrogens with one attached hydrogen (secondary N) is 1. The lowest BCUT2D eigenvalue weighted by molar-refractivity contribution is 0.305. The van der Waals surface area contributed by atoms with E-state index in [1.54, 1.807) is 19.2 Å². The molecule has 0 heterocycles. The van der Waals surface area contributed by atoms with Crippen molar-refractivity contribution in [2.24, 2.45) is 5.73 Å². The van der Waals surface area contributed by atoms with Crippen LogP contribution in [-0.2, 0) is 6.61 Å². The number of benzene rings is 2. The van der Waals surface area contributed by atoms with E-state index in [0.717, 1.165) is 15.8 Å². The average molecular weight is 335 g/mol. The summed E-state index contributed by atoms with van der Waals surface area (Å²) in [7, 11) is 1.56. The highest BCUT2D eigenvalue weighted by Gasteiger charge is 2.07. The van der Waals surface area contributed by atoms with Crippen LogP contribution in [0.25, 0.3) is 0 Å². The van der Waals surface area contributed by atoms with Crippen molar-refractivity contribution in [2.45, 2.75) is 6.61 Å². The summed E-state index contributed by atoms with van der Waals surface area (Å²) in [6.45, 7) is 0.403. The predicted octanol–water partition coefficient (Wildman–Crippen LogP) is 3.32. The fourth-order valence-corrected chi connectivity index (χ4v) is 2.16. The van der Waals surface area contributed by atoms with Gasteiger partial charge in [0.15, 0.2) is 0 Å². The summed E-state index contributed by atoms with van der Waals surface area (Å²) >= 11 is 3.40. The third kappa shape index (κ3) is 3.51. The normalized spacial score (nSPS) is 10.1. The van der Waals surface area contributed by atoms with Gasteiger partial charge in [0, 0.05) is 4.47 Å². The average Bonchev–Trinajstić information content (AvgIpc) is 2.45. The minimum Gasteiger partial charge on any atom is -0.496 e. The Labute approximate surface area is 126 Å². The van der Waals surface area contributed by atoms with E-state index in [1.807, 2.05) is 30.3 Å². The molecule has 0 aliphatic carbocycles. The maximum atomic E-state index is 7.55. The molecular weight excluding hydrogens is 320 g/mol. The Morgan fingerprint density at radius 3 is 2.70 bits per heavy atom. The van der Waals surface area contributed by atoms with E-state index < -0.39 is 0 Å². The molecule has 0 radical (unpaired) electrons. The minimum atomic E-state index is -0.0221. The van der Waals surface area contributed by atoms with Crippen LogP contribution in [0, 0.1) is 5.41 Å². The zero-order valence-corrected chi connectivity index (χ0v) is 12.6. The summed E-state index contributed by atoms with van der Waals surface area (Å²) in [6, 6.07) is 13.1. The molecule has 0 saturated carbocycles. The van der Waals surface area contributed by atoms with Crippen LogP contribution in [0.2, 0.25) is 0 Å². The Morgan fingerprint density at radius 1 is 1.25 bits per heavy atom. The highest BCUT2D eigenvalue weighted by Crippen LogP contribution is 2.22. The second kappa shape index (κ2) is 6.43. The largest absolute Gasteiger partial charge is 0.496 e. The molecule has 0 bridgehead atoms. The quantitative estimate of drug-likeness (QED) is 0.651. The van der Waals surface area contributed by atoms with E-state index in [1.165, 1.54) is 0 Å². The van der Waals surface area contributed by atoms with Crippen molar-refractivity contribution in [3.63, 3.8) is 0 Å². The molecule has 0 unspecified atom stereocenters. The van der Waals surface area contributed by atoms with E-state index in [9.17, 15) is 0 Å². The standard InChI is InChI=1S/C15H15BrN2O2/c1-19-14-6-5-10(7-13(14)15(17)18)9-20-12-4-2-3-11(16)8-12/h2-8H,9H2,1H3,(H3,17,18). The van der Waals surface area contributed by atoms with Gasteiger partial charge in [0.25, 0.3) is 0 Å². The van der Waals surface area contributed by atoms with E-state index in [0.29, 0.717) is 17.9 Å². The van der Waals surface area contributed by atoms with Gasteiger partial charge in [-0.15, -0.1) is 0 Å². The van der Waals surface area contributed by atoms with E-state index in [4.69, 9.17) is 20.6 Å². The minimum absolute atomic E-state index is 0.0221. The first-order valence-electron chi connectivity index (χ1n) is 6.00. The molecular formula is C15H15BrN2O2. The van der Waals surface area contributed by atoms with Crippen molar-refractivity contribution in [2.75, 3.05) is 7.11 Å². The molecule has 0 aliphatic rings. The summed E-state index contributed by atoms with van der Waals surface area (Å²) in [5.41, 5.74) is 7.04. The maximum Gasteiger partial charge on any atom is 0.129 e. The van der Waals surface area contributed by atoms with Crippen molar-refractivity contribution in [3.05, 3.63) is 58.1 Å². The van der Waals surface area contributed by atoms with Gasteiger partial charge in [0.1, 0.15) is 23.9 Å². The van der Waals surface area contributed by atoms with Gasteiger partial charge in [-0.05, 0) is 35.9 Å². The third-order valence-electron chi connectivity index (χ3n) is 2.76. The van der Waals surface area contributed by atoms with Gasteiger partial charge in [0.05, 0.1) is 12.7 Å². The molecule has 0 saturated heterocycles. The zero-order chi connectivity index (χ0) is 14.5. The summed E-state index contributed by atoms with van der Waals surface area (Å²) in [6.07, 6.45) is 0. The Morgan fingerprint density at radius 2 is 2.05 bits per heavy atom. The lowest BCUT2D eigenvalue weighted by atomic mass is 10.1. The summed E-state index contributed by atoms with van der Waals surface area (Å²) in [5, 5.41) is 7.55. The van der Waals surface area contributed by atoms with Gasteiger partial charge in [-0.25, -0.2) is 0 Å². The first-order valence-corrected chi connectivity index (χ1v) is 6.79. The monoisotopic (exact) mass is 334 g/mol. The smallest absolute Gasteiger partial charge is 0.129 e. The highest BCUT2D eigenvalue weighted by atomic mass is 79.9. The van der Waals surface area contributed by atoms with Crippen molar-refractivity contribution in [3.8, 4) is 11.5 Å². The topological polar surface area (TPSA) is 68.3 Å². The molecule has 0 aliphatic heterocycles. The highest BCUT2D eigenvalue weighted by molar-refractivity contribution is 9.10. The van der Waals surface area contributed by atoms with Crippen molar-refractivity contribution in [1.29, 1.82) is 5.41 Å². The number of nitrogen functional groups attached to an aromatic ring is 1. The number of hydrogen-bond acceptors (Lipinski definition) is 3. The van der Waals surface area contributed by atoms with Crippen LogP contribution >= 0.6 is 15.9 Å². The summed E-state index contributed by atoms with van der Waals surface area (Å²) in [5.74, 6) is 1.34. The Kier molecular flexibility index (Phi) is 4.63. The fourth-order valence-electron chi connectivity index (χ4n) is 1.78. The molecule has 0 spiro atoms. The van der Waals surface area contributed by atoms with Crippen LogP contribution in [0.15, 0.2) is 46.9 Å². The maximum absolute atomic E-state index is 7.55. The Balaban J connectivity index is 2.14. The van der Waals surface area contributed by atoms with Crippen molar-refractivity contribution >= 4 is 21.8 Å². The van der Waals surface area contributed by atoms with Crippen molar-refractivity contribution < 1.29 is 9.47 Å². The molecule has 3 N–H and O–H groups in total. The van der Waals surface area contributed by atoms with Crippen LogP contribution in [0.3, 0.4) is 0 Å². The summed E-state index contributed by atoms with van der Waals surface area (Å²) < 4.78 is 11.8. The zero-order valence-electron chi connectivity index (χ0n) is 11.0. The first-order chi connectivity index (χ1) is 9.60. The molecule has 2 aromatic carbocycles. The number of amidine groups is 1. The van der Waals surface area contributed by atoms with Crippen molar-refractivity contribution in [1.82, 2.24) is 0 Å². The number of methoxy groups -OCH3 is 1. The second-order valence-corrected chi connectivity index (χ2v) is 5.11. The van der Waals surface area contributed by atoms with E-state index >= 15 is 0 Å². The van der Waals surface area contributed by atoms with Crippen LogP contribution in [-0.4, -0.2) is 12.9 Å². The molecule has 104 valence electrons. The number of nitrogens with two attached hydrogens (primary N) is 1. The van der Waals surface area contributed by atoms with Gasteiger partial charge in [-0.1, -0.05) is 28.1 Å². The van der Waals surface area contributed by atoms with Crippen LogP contribution in [0.4, 0.5) is 0 Å². The number of hydrogen-bond donors (Lipinski definition) is 2. The molecule has 4 nitrogen and oxygen atoms in total.